The first-order valence-electron chi connectivity index (χ1n) is 9.85. The monoisotopic (exact) mass is 434 g/mol. The lowest BCUT2D eigenvalue weighted by molar-refractivity contribution is -0.138. The summed E-state index contributed by atoms with van der Waals surface area (Å²) in [5.41, 5.74) is 0.758. The number of aromatic nitrogens is 6. The first-order chi connectivity index (χ1) is 15.5. The van der Waals surface area contributed by atoms with Crippen molar-refractivity contribution < 1.29 is 15.0 Å². The summed E-state index contributed by atoms with van der Waals surface area (Å²) in [5.74, 6) is -1.34. The number of aliphatic carboxylic acids is 1. The summed E-state index contributed by atoms with van der Waals surface area (Å²) in [7, 11) is 0. The molecule has 1 aliphatic carbocycles. The molecular formula is C20H18N8O4. The van der Waals surface area contributed by atoms with Crippen molar-refractivity contribution in [3.63, 3.8) is 0 Å². The molecule has 0 spiro atoms. The average molecular weight is 434 g/mol. The molecule has 4 aromatic rings. The van der Waals surface area contributed by atoms with E-state index in [1.54, 1.807) is 30.3 Å². The standard InChI is InChI=1S/C20H18N8O4/c29-16-13(23-20(32)26-16)8-11-9-21-28-15(11)25-18(27-19(28)22-12-6-7-12)24-14(17(30)31)10-4-2-1-3-5-10/h1-5,8-9,12,14,29H,6-7H2,(H,30,31)(H,22,24,27)(H2,23,26,32)/b11-8+/t14-/m0/s1. The second-order valence-corrected chi connectivity index (χ2v) is 7.35. The highest BCUT2D eigenvalue weighted by molar-refractivity contribution is 5.78. The number of anilines is 1. The predicted molar refractivity (Wildman–Crippen MR) is 112 cm³/mol. The van der Waals surface area contributed by atoms with Gasteiger partial charge in [-0.15, -0.1) is 0 Å². The van der Waals surface area contributed by atoms with E-state index in [1.807, 2.05) is 0 Å². The van der Waals surface area contributed by atoms with Crippen LogP contribution in [0.3, 0.4) is 0 Å². The maximum atomic E-state index is 11.9. The van der Waals surface area contributed by atoms with Crippen LogP contribution in [0.25, 0.3) is 11.7 Å². The Labute approximate surface area is 179 Å². The second kappa shape index (κ2) is 7.65. The van der Waals surface area contributed by atoms with Crippen LogP contribution in [-0.4, -0.2) is 51.8 Å². The molecule has 1 aliphatic rings. The molecule has 0 amide bonds. The van der Waals surface area contributed by atoms with Crippen molar-refractivity contribution in [1.29, 1.82) is 0 Å². The molecule has 3 aromatic heterocycles. The Morgan fingerprint density at radius 2 is 2.03 bits per heavy atom. The van der Waals surface area contributed by atoms with Crippen molar-refractivity contribution in [2.75, 3.05) is 5.32 Å². The summed E-state index contributed by atoms with van der Waals surface area (Å²) >= 11 is 0. The number of aromatic hydroxyl groups is 1. The first-order valence-corrected chi connectivity index (χ1v) is 9.85. The fraction of sp³-hybridized carbons (Fsp3) is 0.200. The number of hydrogen-bond donors (Lipinski definition) is 5. The molecule has 0 bridgehead atoms. The highest BCUT2D eigenvalue weighted by Crippen LogP contribution is 2.22. The van der Waals surface area contributed by atoms with E-state index in [1.165, 1.54) is 16.8 Å². The number of carboxylic acid groups (broad SMARTS) is 1. The van der Waals surface area contributed by atoms with Crippen LogP contribution < -0.4 is 21.8 Å². The molecule has 1 fully saturated rings. The van der Waals surface area contributed by atoms with E-state index in [-0.39, 0.29) is 29.2 Å². The zero-order valence-electron chi connectivity index (χ0n) is 16.6. The summed E-state index contributed by atoms with van der Waals surface area (Å²) in [4.78, 5) is 41.5. The van der Waals surface area contributed by atoms with Crippen LogP contribution in [-0.2, 0) is 4.79 Å². The molecule has 1 aromatic carbocycles. The second-order valence-electron chi connectivity index (χ2n) is 7.35. The first kappa shape index (κ1) is 19.5. The van der Waals surface area contributed by atoms with Gasteiger partial charge in [0.25, 0.3) is 5.62 Å². The summed E-state index contributed by atoms with van der Waals surface area (Å²) in [6, 6.07) is 7.75. The van der Waals surface area contributed by atoms with E-state index < -0.39 is 17.7 Å². The van der Waals surface area contributed by atoms with Crippen molar-refractivity contribution in [3.8, 4) is 5.88 Å². The van der Waals surface area contributed by atoms with E-state index in [9.17, 15) is 19.8 Å². The van der Waals surface area contributed by atoms with Gasteiger partial charge in [-0.25, -0.2) is 14.6 Å². The van der Waals surface area contributed by atoms with Crippen LogP contribution in [0.1, 0.15) is 30.1 Å². The Hall–Kier alpha value is -4.48. The maximum Gasteiger partial charge on any atom is 0.330 e. The molecule has 12 nitrogen and oxygen atoms in total. The Morgan fingerprint density at radius 1 is 1.25 bits per heavy atom. The summed E-state index contributed by atoms with van der Waals surface area (Å²) < 4.78 is 1.44. The summed E-state index contributed by atoms with van der Waals surface area (Å²) in [6.45, 7) is 0. The van der Waals surface area contributed by atoms with Crippen molar-refractivity contribution in [1.82, 2.24) is 29.5 Å². The van der Waals surface area contributed by atoms with Crippen LogP contribution in [0.4, 0.5) is 5.95 Å². The van der Waals surface area contributed by atoms with E-state index in [0.29, 0.717) is 16.4 Å². The van der Waals surface area contributed by atoms with Gasteiger partial charge in [0.1, 0.15) is 5.69 Å². The fourth-order valence-corrected chi connectivity index (χ4v) is 3.21. The zero-order valence-corrected chi connectivity index (χ0v) is 16.6. The number of H-pyrrole nitrogens is 2. The third-order valence-corrected chi connectivity index (χ3v) is 4.91. The zero-order chi connectivity index (χ0) is 22.2. The predicted octanol–water partition coefficient (Wildman–Crippen LogP) is -0.305. The molecular weight excluding hydrogens is 416 g/mol. The van der Waals surface area contributed by atoms with Gasteiger partial charge in [-0.05, 0) is 24.5 Å². The Kier molecular flexibility index (Phi) is 4.66. The van der Waals surface area contributed by atoms with E-state index in [2.05, 4.69) is 35.3 Å². The molecule has 5 N–H and O–H groups in total. The number of carbonyl (C=O) groups is 1. The molecule has 5 rings (SSSR count). The minimum atomic E-state index is -1.09. The number of imidazole rings is 1. The van der Waals surface area contributed by atoms with Crippen LogP contribution in [0, 0.1) is 0 Å². The van der Waals surface area contributed by atoms with Gasteiger partial charge in [0.05, 0.1) is 12.2 Å². The molecule has 12 heteroatoms. The molecule has 0 saturated heterocycles. The number of nitrogens with one attached hydrogen (secondary N) is 3. The van der Waals surface area contributed by atoms with E-state index >= 15 is 0 Å². The van der Waals surface area contributed by atoms with Crippen LogP contribution in [0.5, 0.6) is 5.88 Å². The third-order valence-electron chi connectivity index (χ3n) is 4.91. The quantitative estimate of drug-likeness (QED) is 0.275. The molecule has 3 heterocycles. The summed E-state index contributed by atoms with van der Waals surface area (Å²) in [5, 5.41) is 27.2. The summed E-state index contributed by atoms with van der Waals surface area (Å²) in [6.07, 6.45) is 4.87. The van der Waals surface area contributed by atoms with Crippen LogP contribution in [0.2, 0.25) is 0 Å². The Balaban J connectivity index is 1.65. The van der Waals surface area contributed by atoms with E-state index in [0.717, 1.165) is 12.8 Å². The van der Waals surface area contributed by atoms with Crippen molar-refractivity contribution in [3.05, 3.63) is 69.1 Å². The van der Waals surface area contributed by atoms with Crippen molar-refractivity contribution >= 4 is 23.6 Å². The molecule has 162 valence electrons. The van der Waals surface area contributed by atoms with Crippen LogP contribution >= 0.6 is 0 Å². The molecule has 0 unspecified atom stereocenters. The van der Waals surface area contributed by atoms with Gasteiger partial charge >= 0.3 is 11.7 Å². The minimum absolute atomic E-state index is 0.0649. The minimum Gasteiger partial charge on any atom is -0.493 e. The number of nitrogens with zero attached hydrogens (tertiary/aromatic N) is 5. The van der Waals surface area contributed by atoms with Gasteiger partial charge in [-0.1, -0.05) is 30.3 Å². The van der Waals surface area contributed by atoms with Gasteiger partial charge in [0.15, 0.2) is 11.7 Å². The smallest absolute Gasteiger partial charge is 0.330 e. The van der Waals surface area contributed by atoms with Gasteiger partial charge in [-0.3, -0.25) is 4.98 Å². The molecule has 32 heavy (non-hydrogen) atoms. The highest BCUT2D eigenvalue weighted by Gasteiger charge is 2.23. The highest BCUT2D eigenvalue weighted by atomic mass is 16.4. The Bertz CT molecular complexity index is 1480. The number of hydrogen-bond acceptors (Lipinski definition) is 8. The number of carboxylic acids is 1. The van der Waals surface area contributed by atoms with Gasteiger partial charge < -0.3 is 20.5 Å². The van der Waals surface area contributed by atoms with Crippen molar-refractivity contribution in [2.45, 2.75) is 24.9 Å². The largest absolute Gasteiger partial charge is 0.493 e. The van der Waals surface area contributed by atoms with Gasteiger partial charge in [0.2, 0.25) is 11.8 Å². The average Bonchev–Trinajstić information content (AvgIpc) is 3.41. The fourth-order valence-electron chi connectivity index (χ4n) is 3.21. The lowest BCUT2D eigenvalue weighted by Gasteiger charge is -2.14. The Morgan fingerprint density at radius 3 is 2.69 bits per heavy atom. The van der Waals surface area contributed by atoms with Crippen LogP contribution in [0.15, 0.2) is 46.3 Å². The molecule has 1 saturated carbocycles. The number of fused-ring (bicyclic) bond motifs is 1. The van der Waals surface area contributed by atoms with Gasteiger partial charge in [0, 0.05) is 5.22 Å². The molecule has 0 aliphatic heterocycles. The van der Waals surface area contributed by atoms with E-state index in [4.69, 9.17) is 0 Å². The topological polar surface area (TPSA) is 174 Å². The number of rotatable bonds is 6. The van der Waals surface area contributed by atoms with Crippen molar-refractivity contribution in [2.24, 2.45) is 4.99 Å². The molecule has 1 atom stereocenters. The number of aromatic amines is 2. The maximum absolute atomic E-state index is 11.9. The lowest BCUT2D eigenvalue weighted by Crippen LogP contribution is -2.28. The third kappa shape index (κ3) is 3.80. The SMILES string of the molecule is O=C(O)[C@@H](Nc1nc(=NC2CC2)n2nc/c(=C\c3[nH]c(=O)[nH]c3O)c2n1)c1ccccc1. The number of benzene rings is 1. The van der Waals surface area contributed by atoms with Gasteiger partial charge in [-0.2, -0.15) is 19.6 Å². The normalized spacial score (nSPS) is 15.9. The molecule has 0 radical (unpaired) electrons. The lowest BCUT2D eigenvalue weighted by atomic mass is 10.1.